The van der Waals surface area contributed by atoms with Crippen molar-refractivity contribution in [2.24, 2.45) is 7.05 Å². The van der Waals surface area contributed by atoms with Crippen molar-refractivity contribution in [2.75, 3.05) is 26.2 Å². The molecule has 34 heavy (non-hydrogen) atoms. The zero-order valence-electron chi connectivity index (χ0n) is 19.3. The Bertz CT molecular complexity index is 1310. The summed E-state index contributed by atoms with van der Waals surface area (Å²) in [4.78, 5) is 41.0. The fraction of sp³-hybridized carbons (Fsp3) is 0.320. The monoisotopic (exact) mass is 544 g/mol. The van der Waals surface area contributed by atoms with Crippen LogP contribution in [0.25, 0.3) is 22.0 Å². The number of amides is 3. The number of carbonyl (C=O) groups excluding carboxylic acids is 3. The summed E-state index contributed by atoms with van der Waals surface area (Å²) in [6.45, 7) is 7.61. The van der Waals surface area contributed by atoms with E-state index in [0.29, 0.717) is 43.8 Å². The van der Waals surface area contributed by atoms with Gasteiger partial charge < -0.3 is 14.8 Å². The largest absolute Gasteiger partial charge is 0.351 e. The van der Waals surface area contributed by atoms with Gasteiger partial charge >= 0.3 is 0 Å². The maximum Gasteiger partial charge on any atom is 0.269 e. The number of aryl methyl sites for hydroxylation is 1. The quantitative estimate of drug-likeness (QED) is 0.320. The smallest absolute Gasteiger partial charge is 0.269 e. The van der Waals surface area contributed by atoms with Crippen LogP contribution in [0.15, 0.2) is 34.8 Å². The molecule has 9 heteroatoms. The van der Waals surface area contributed by atoms with E-state index in [-0.39, 0.29) is 17.0 Å². The van der Waals surface area contributed by atoms with Crippen molar-refractivity contribution in [3.05, 3.63) is 56.6 Å². The molecule has 178 valence electrons. The van der Waals surface area contributed by atoms with Crippen molar-refractivity contribution in [1.29, 1.82) is 0 Å². The number of benzene rings is 2. The SMILES string of the molecule is CCN(CC)CCCNC(=O)c1c(Br)c2c3c(c(-c4ccccc4Cl)cc2n1C)C(=O)NC3=O. The molecule has 2 aromatic carbocycles. The van der Waals surface area contributed by atoms with Gasteiger partial charge in [0.25, 0.3) is 17.7 Å². The molecule has 0 saturated heterocycles. The molecule has 0 spiro atoms. The highest BCUT2D eigenvalue weighted by atomic mass is 79.9. The highest BCUT2D eigenvalue weighted by Gasteiger charge is 2.36. The summed E-state index contributed by atoms with van der Waals surface area (Å²) in [7, 11) is 1.77. The van der Waals surface area contributed by atoms with Crippen LogP contribution in [0.1, 0.15) is 51.5 Å². The first-order valence-corrected chi connectivity index (χ1v) is 12.4. The number of aromatic nitrogens is 1. The van der Waals surface area contributed by atoms with Gasteiger partial charge in [-0.3, -0.25) is 19.7 Å². The summed E-state index contributed by atoms with van der Waals surface area (Å²) >= 11 is 9.98. The van der Waals surface area contributed by atoms with E-state index >= 15 is 0 Å². The Morgan fingerprint density at radius 1 is 1.12 bits per heavy atom. The van der Waals surface area contributed by atoms with E-state index in [4.69, 9.17) is 11.6 Å². The minimum Gasteiger partial charge on any atom is -0.351 e. The van der Waals surface area contributed by atoms with Crippen molar-refractivity contribution in [2.45, 2.75) is 20.3 Å². The molecule has 2 heterocycles. The topological polar surface area (TPSA) is 83.4 Å². The van der Waals surface area contributed by atoms with Crippen molar-refractivity contribution >= 4 is 56.2 Å². The van der Waals surface area contributed by atoms with Crippen LogP contribution in [0.2, 0.25) is 5.02 Å². The molecule has 1 aliphatic heterocycles. The summed E-state index contributed by atoms with van der Waals surface area (Å²) < 4.78 is 2.23. The number of carbonyl (C=O) groups is 3. The molecule has 1 aliphatic rings. The molecule has 2 N–H and O–H groups in total. The molecule has 0 fully saturated rings. The van der Waals surface area contributed by atoms with Crippen molar-refractivity contribution in [3.63, 3.8) is 0 Å². The lowest BCUT2D eigenvalue weighted by Crippen LogP contribution is -2.30. The molecule has 0 saturated carbocycles. The van der Waals surface area contributed by atoms with E-state index in [1.165, 1.54) is 0 Å². The van der Waals surface area contributed by atoms with Crippen LogP contribution in [-0.4, -0.2) is 53.4 Å². The predicted octanol–water partition coefficient (Wildman–Crippen LogP) is 4.61. The van der Waals surface area contributed by atoms with E-state index in [1.54, 1.807) is 29.8 Å². The molecule has 3 amide bonds. The number of imide groups is 1. The molecule has 0 radical (unpaired) electrons. The molecule has 3 aromatic rings. The van der Waals surface area contributed by atoms with E-state index in [1.807, 2.05) is 12.1 Å². The zero-order chi connectivity index (χ0) is 24.6. The first kappa shape index (κ1) is 24.4. The Hall–Kier alpha value is -2.68. The van der Waals surface area contributed by atoms with Crippen molar-refractivity contribution < 1.29 is 14.4 Å². The third kappa shape index (κ3) is 4.15. The summed E-state index contributed by atoms with van der Waals surface area (Å²) in [5.74, 6) is -1.21. The van der Waals surface area contributed by atoms with Crippen molar-refractivity contribution in [3.8, 4) is 11.1 Å². The van der Waals surface area contributed by atoms with Gasteiger partial charge in [-0.25, -0.2) is 0 Å². The summed E-state index contributed by atoms with van der Waals surface area (Å²) in [5.41, 5.74) is 2.76. The predicted molar refractivity (Wildman–Crippen MR) is 138 cm³/mol. The second-order valence-corrected chi connectivity index (χ2v) is 9.39. The lowest BCUT2D eigenvalue weighted by Gasteiger charge is -2.17. The molecule has 1 aromatic heterocycles. The van der Waals surface area contributed by atoms with Gasteiger partial charge in [-0.2, -0.15) is 0 Å². The first-order chi connectivity index (χ1) is 16.3. The van der Waals surface area contributed by atoms with Gasteiger partial charge in [0.2, 0.25) is 0 Å². The number of fused-ring (bicyclic) bond motifs is 3. The third-order valence-corrected chi connectivity index (χ3v) is 7.42. The van der Waals surface area contributed by atoms with Gasteiger partial charge in [-0.1, -0.05) is 43.6 Å². The second kappa shape index (κ2) is 9.90. The number of halogens is 2. The van der Waals surface area contributed by atoms with Crippen LogP contribution in [0.4, 0.5) is 0 Å². The van der Waals surface area contributed by atoms with E-state index in [9.17, 15) is 14.4 Å². The van der Waals surface area contributed by atoms with Crippen LogP contribution in [0, 0.1) is 0 Å². The highest BCUT2D eigenvalue weighted by molar-refractivity contribution is 9.10. The van der Waals surface area contributed by atoms with Crippen LogP contribution >= 0.6 is 27.5 Å². The average Bonchev–Trinajstić information content (AvgIpc) is 3.25. The Morgan fingerprint density at radius 3 is 2.47 bits per heavy atom. The first-order valence-electron chi connectivity index (χ1n) is 11.3. The molecular weight excluding hydrogens is 520 g/mol. The van der Waals surface area contributed by atoms with Crippen LogP contribution < -0.4 is 10.6 Å². The standard InChI is InChI=1S/C25H26BrClN4O3/c1-4-31(5-2)12-8-11-28-25(34)22-21(26)19-17(30(22)3)13-15(14-9-6-7-10-16(14)27)18-20(19)24(33)29-23(18)32/h6-7,9-10,13H,4-5,8,11-12H2,1-3H3,(H,28,34)(H,29,32,33). The number of hydrogen-bond donors (Lipinski definition) is 2. The molecule has 0 unspecified atom stereocenters. The lowest BCUT2D eigenvalue weighted by atomic mass is 9.94. The minimum absolute atomic E-state index is 0.247. The summed E-state index contributed by atoms with van der Waals surface area (Å²) in [6.07, 6.45) is 0.831. The minimum atomic E-state index is -0.489. The van der Waals surface area contributed by atoms with Gasteiger partial charge in [0, 0.05) is 29.6 Å². The highest BCUT2D eigenvalue weighted by Crippen LogP contribution is 2.42. The Balaban J connectivity index is 1.78. The Morgan fingerprint density at radius 2 is 1.79 bits per heavy atom. The fourth-order valence-electron chi connectivity index (χ4n) is 4.50. The van der Waals surface area contributed by atoms with Crippen molar-refractivity contribution in [1.82, 2.24) is 20.1 Å². The molecular formula is C25H26BrClN4O3. The number of nitrogens with zero attached hydrogens (tertiary/aromatic N) is 2. The average molecular weight is 546 g/mol. The number of rotatable bonds is 8. The third-order valence-electron chi connectivity index (χ3n) is 6.32. The lowest BCUT2D eigenvalue weighted by molar-refractivity contribution is 0.0878. The van der Waals surface area contributed by atoms with Crippen LogP contribution in [-0.2, 0) is 7.05 Å². The Kier molecular flexibility index (Phi) is 7.12. The molecule has 0 atom stereocenters. The van der Waals surface area contributed by atoms with Crippen LogP contribution in [0.5, 0.6) is 0 Å². The fourth-order valence-corrected chi connectivity index (χ4v) is 5.59. The normalized spacial score (nSPS) is 13.0. The molecule has 4 rings (SSSR count). The summed E-state index contributed by atoms with van der Waals surface area (Å²) in [6, 6.07) is 8.99. The van der Waals surface area contributed by atoms with E-state index < -0.39 is 11.8 Å². The molecule has 0 bridgehead atoms. The van der Waals surface area contributed by atoms with Crippen LogP contribution in [0.3, 0.4) is 0 Å². The zero-order valence-corrected chi connectivity index (χ0v) is 21.6. The Labute approximate surface area is 211 Å². The van der Waals surface area contributed by atoms with Gasteiger partial charge in [-0.05, 0) is 59.7 Å². The molecule has 0 aliphatic carbocycles. The number of nitrogens with one attached hydrogen (secondary N) is 2. The van der Waals surface area contributed by atoms with Gasteiger partial charge in [-0.15, -0.1) is 0 Å². The second-order valence-electron chi connectivity index (χ2n) is 8.19. The molecule has 7 nitrogen and oxygen atoms in total. The summed E-state index contributed by atoms with van der Waals surface area (Å²) in [5, 5.41) is 6.38. The van der Waals surface area contributed by atoms with Gasteiger partial charge in [0.15, 0.2) is 0 Å². The van der Waals surface area contributed by atoms with E-state index in [2.05, 4.69) is 45.3 Å². The van der Waals surface area contributed by atoms with E-state index in [0.717, 1.165) is 26.1 Å². The van der Waals surface area contributed by atoms with Gasteiger partial charge in [0.05, 0.1) is 21.1 Å². The maximum atomic E-state index is 13.1. The number of hydrogen-bond acceptors (Lipinski definition) is 4. The van der Waals surface area contributed by atoms with Gasteiger partial charge in [0.1, 0.15) is 5.69 Å². The maximum absolute atomic E-state index is 13.1.